The Morgan fingerprint density at radius 3 is 2.38 bits per heavy atom. The van der Waals surface area contributed by atoms with Crippen LogP contribution in [0.1, 0.15) is 43.7 Å². The number of amides is 2. The monoisotopic (exact) mass is 512 g/mol. The lowest BCUT2D eigenvalue weighted by atomic mass is 10.1. The lowest BCUT2D eigenvalue weighted by molar-refractivity contribution is -0.138. The van der Waals surface area contributed by atoms with Gasteiger partial charge in [-0.1, -0.05) is 65.8 Å². The standard InChI is InChI=1S/C24H27Cl3N2O2S/c1-16(24(31)28-21-4-2-3-5-21)29(13-17-6-9-19(25)10-7-17)23(30)15-32-14-18-8-11-20(26)12-22(18)27/h6-12,16,21H,2-5,13-15H2,1H3,(H,28,31). The first-order valence-corrected chi connectivity index (χ1v) is 13.0. The van der Waals surface area contributed by atoms with Crippen molar-refractivity contribution in [1.29, 1.82) is 0 Å². The summed E-state index contributed by atoms with van der Waals surface area (Å²) in [7, 11) is 0. The van der Waals surface area contributed by atoms with Crippen LogP contribution in [0.5, 0.6) is 0 Å². The minimum Gasteiger partial charge on any atom is -0.352 e. The molecule has 0 aromatic heterocycles. The molecule has 2 amide bonds. The quantitative estimate of drug-likeness (QED) is 0.425. The molecule has 1 atom stereocenters. The molecule has 1 N–H and O–H groups in total. The molecule has 1 aliphatic rings. The van der Waals surface area contributed by atoms with Gasteiger partial charge in [0.05, 0.1) is 5.75 Å². The van der Waals surface area contributed by atoms with Crippen LogP contribution in [-0.2, 0) is 21.9 Å². The lowest BCUT2D eigenvalue weighted by Crippen LogP contribution is -2.50. The fourth-order valence-corrected chi connectivity index (χ4v) is 5.33. The number of hydrogen-bond donors (Lipinski definition) is 1. The average molecular weight is 514 g/mol. The highest BCUT2D eigenvalue weighted by atomic mass is 35.5. The maximum absolute atomic E-state index is 13.2. The van der Waals surface area contributed by atoms with Crippen molar-refractivity contribution in [3.05, 3.63) is 68.7 Å². The zero-order valence-corrected chi connectivity index (χ0v) is 21.0. The summed E-state index contributed by atoms with van der Waals surface area (Å²) in [5, 5.41) is 4.91. The van der Waals surface area contributed by atoms with Gasteiger partial charge in [-0.2, -0.15) is 0 Å². The van der Waals surface area contributed by atoms with E-state index in [1.54, 1.807) is 36.1 Å². The molecule has 2 aromatic rings. The molecule has 1 aliphatic carbocycles. The fraction of sp³-hybridized carbons (Fsp3) is 0.417. The van der Waals surface area contributed by atoms with E-state index in [1.807, 2.05) is 18.2 Å². The predicted molar refractivity (Wildman–Crippen MR) is 134 cm³/mol. The first kappa shape index (κ1) is 25.2. The zero-order chi connectivity index (χ0) is 23.1. The number of halogens is 3. The van der Waals surface area contributed by atoms with Crippen LogP contribution in [0.2, 0.25) is 15.1 Å². The van der Waals surface area contributed by atoms with Crippen LogP contribution in [0.15, 0.2) is 42.5 Å². The van der Waals surface area contributed by atoms with Crippen LogP contribution >= 0.6 is 46.6 Å². The SMILES string of the molecule is CC(C(=O)NC1CCCC1)N(Cc1ccc(Cl)cc1)C(=O)CSCc1ccc(Cl)cc1Cl. The normalized spacial score (nSPS) is 14.9. The van der Waals surface area contributed by atoms with Gasteiger partial charge in [-0.3, -0.25) is 9.59 Å². The second kappa shape index (κ2) is 12.2. The molecule has 1 unspecified atom stereocenters. The Kier molecular flexibility index (Phi) is 9.60. The minimum atomic E-state index is -0.571. The molecule has 1 saturated carbocycles. The molecule has 32 heavy (non-hydrogen) atoms. The molecule has 0 heterocycles. The Bertz CT molecular complexity index is 933. The first-order valence-electron chi connectivity index (χ1n) is 10.7. The van der Waals surface area contributed by atoms with Crippen LogP contribution in [0, 0.1) is 0 Å². The van der Waals surface area contributed by atoms with E-state index in [-0.39, 0.29) is 23.6 Å². The summed E-state index contributed by atoms with van der Waals surface area (Å²) in [4.78, 5) is 27.7. The topological polar surface area (TPSA) is 49.4 Å². The summed E-state index contributed by atoms with van der Waals surface area (Å²) in [6.07, 6.45) is 4.27. The number of thioether (sulfide) groups is 1. The molecule has 172 valence electrons. The number of rotatable bonds is 9. The molecular weight excluding hydrogens is 487 g/mol. The molecule has 0 radical (unpaired) electrons. The van der Waals surface area contributed by atoms with Crippen molar-refractivity contribution < 1.29 is 9.59 Å². The smallest absolute Gasteiger partial charge is 0.242 e. The molecule has 0 saturated heterocycles. The van der Waals surface area contributed by atoms with E-state index < -0.39 is 6.04 Å². The van der Waals surface area contributed by atoms with Gasteiger partial charge in [-0.05, 0) is 55.2 Å². The molecule has 8 heteroatoms. The van der Waals surface area contributed by atoms with Gasteiger partial charge in [0.1, 0.15) is 6.04 Å². The van der Waals surface area contributed by atoms with Gasteiger partial charge in [0.15, 0.2) is 0 Å². The molecule has 2 aromatic carbocycles. The summed E-state index contributed by atoms with van der Waals surface area (Å²) < 4.78 is 0. The number of carbonyl (C=O) groups excluding carboxylic acids is 2. The highest BCUT2D eigenvalue weighted by Gasteiger charge is 2.28. The molecule has 4 nitrogen and oxygen atoms in total. The van der Waals surface area contributed by atoms with Gasteiger partial charge in [0.2, 0.25) is 11.8 Å². The molecule has 1 fully saturated rings. The van der Waals surface area contributed by atoms with Gasteiger partial charge in [-0.25, -0.2) is 0 Å². The maximum atomic E-state index is 13.2. The summed E-state index contributed by atoms with van der Waals surface area (Å²) >= 11 is 19.7. The second-order valence-corrected chi connectivity index (χ2v) is 10.3. The van der Waals surface area contributed by atoms with Crippen molar-refractivity contribution in [3.63, 3.8) is 0 Å². The van der Waals surface area contributed by atoms with Crippen molar-refractivity contribution in [2.45, 2.75) is 57.0 Å². The van der Waals surface area contributed by atoms with E-state index in [1.165, 1.54) is 11.8 Å². The Morgan fingerprint density at radius 1 is 1.06 bits per heavy atom. The number of carbonyl (C=O) groups is 2. The number of hydrogen-bond acceptors (Lipinski definition) is 3. The molecule has 0 aliphatic heterocycles. The predicted octanol–water partition coefficient (Wildman–Crippen LogP) is 6.36. The lowest BCUT2D eigenvalue weighted by Gasteiger charge is -2.29. The maximum Gasteiger partial charge on any atom is 0.242 e. The zero-order valence-electron chi connectivity index (χ0n) is 18.0. The van der Waals surface area contributed by atoms with Crippen molar-refractivity contribution in [1.82, 2.24) is 10.2 Å². The number of nitrogens with one attached hydrogen (secondary N) is 1. The highest BCUT2D eigenvalue weighted by molar-refractivity contribution is 7.99. The van der Waals surface area contributed by atoms with Crippen molar-refractivity contribution in [2.24, 2.45) is 0 Å². The van der Waals surface area contributed by atoms with Crippen molar-refractivity contribution >= 4 is 58.4 Å². The van der Waals surface area contributed by atoms with E-state index >= 15 is 0 Å². The Morgan fingerprint density at radius 2 is 1.72 bits per heavy atom. The third-order valence-corrected chi connectivity index (χ3v) is 7.44. The summed E-state index contributed by atoms with van der Waals surface area (Å²) in [5.41, 5.74) is 1.85. The molecular formula is C24H27Cl3N2O2S. The van der Waals surface area contributed by atoms with E-state index in [9.17, 15) is 9.59 Å². The van der Waals surface area contributed by atoms with E-state index in [2.05, 4.69) is 5.32 Å². The van der Waals surface area contributed by atoms with Gasteiger partial charge in [-0.15, -0.1) is 11.8 Å². The summed E-state index contributed by atoms with van der Waals surface area (Å²) in [5.74, 6) is 0.626. The van der Waals surface area contributed by atoms with Crippen LogP contribution in [0.3, 0.4) is 0 Å². The largest absolute Gasteiger partial charge is 0.352 e. The average Bonchev–Trinajstić information content (AvgIpc) is 3.27. The number of benzene rings is 2. The van der Waals surface area contributed by atoms with Gasteiger partial charge >= 0.3 is 0 Å². The van der Waals surface area contributed by atoms with Crippen molar-refractivity contribution in [3.8, 4) is 0 Å². The van der Waals surface area contributed by atoms with Crippen LogP contribution in [-0.4, -0.2) is 34.6 Å². The van der Waals surface area contributed by atoms with E-state index in [0.717, 1.165) is 36.8 Å². The van der Waals surface area contributed by atoms with Crippen molar-refractivity contribution in [2.75, 3.05) is 5.75 Å². The first-order chi connectivity index (χ1) is 15.3. The summed E-state index contributed by atoms with van der Waals surface area (Å²) in [6.45, 7) is 2.14. The van der Waals surface area contributed by atoms with Crippen LogP contribution in [0.25, 0.3) is 0 Å². The van der Waals surface area contributed by atoms with Crippen LogP contribution in [0.4, 0.5) is 0 Å². The molecule has 0 spiro atoms. The molecule has 3 rings (SSSR count). The minimum absolute atomic E-state index is 0.0934. The third kappa shape index (κ3) is 7.31. The second-order valence-electron chi connectivity index (χ2n) is 8.04. The van der Waals surface area contributed by atoms with Gasteiger partial charge < -0.3 is 10.2 Å². The van der Waals surface area contributed by atoms with Crippen LogP contribution < -0.4 is 5.32 Å². The molecule has 0 bridgehead atoms. The highest BCUT2D eigenvalue weighted by Crippen LogP contribution is 2.25. The fourth-order valence-electron chi connectivity index (χ4n) is 3.73. The number of nitrogens with zero attached hydrogens (tertiary/aromatic N) is 1. The van der Waals surface area contributed by atoms with E-state index in [4.69, 9.17) is 34.8 Å². The Labute approximate surface area is 209 Å². The summed E-state index contributed by atoms with van der Waals surface area (Å²) in [6, 6.07) is 12.3. The van der Waals surface area contributed by atoms with E-state index in [0.29, 0.717) is 27.4 Å². The van der Waals surface area contributed by atoms with Gasteiger partial charge in [0, 0.05) is 33.4 Å². The third-order valence-electron chi connectivity index (χ3n) is 5.63. The Hall–Kier alpha value is -1.40. The Balaban J connectivity index is 1.66. The van der Waals surface area contributed by atoms with Gasteiger partial charge in [0.25, 0.3) is 0 Å².